The molecule has 0 saturated heterocycles. The molecule has 3 aromatic rings. The molecule has 0 N–H and O–H groups in total. The minimum atomic E-state index is -0.385. The molecule has 0 unspecified atom stereocenters. The first-order valence-electron chi connectivity index (χ1n) is 10.1. The van der Waals surface area contributed by atoms with Crippen molar-refractivity contribution in [2.75, 3.05) is 19.8 Å². The lowest BCUT2D eigenvalue weighted by Gasteiger charge is -2.09. The van der Waals surface area contributed by atoms with Crippen LogP contribution in [-0.2, 0) is 21.8 Å². The number of carbonyl (C=O) groups excluding carboxylic acids is 1. The highest BCUT2D eigenvalue weighted by atomic mass is 32.2. The zero-order chi connectivity index (χ0) is 22.2. The second kappa shape index (κ2) is 10.9. The van der Waals surface area contributed by atoms with Crippen LogP contribution < -0.4 is 0 Å². The van der Waals surface area contributed by atoms with Gasteiger partial charge in [-0.1, -0.05) is 30.0 Å². The van der Waals surface area contributed by atoms with Crippen LogP contribution in [0.25, 0.3) is 11.0 Å². The van der Waals surface area contributed by atoms with E-state index >= 15 is 0 Å². The van der Waals surface area contributed by atoms with Gasteiger partial charge in [0.1, 0.15) is 0 Å². The van der Waals surface area contributed by atoms with Gasteiger partial charge in [-0.15, -0.1) is 0 Å². The lowest BCUT2D eigenvalue weighted by atomic mass is 10.2. The summed E-state index contributed by atoms with van der Waals surface area (Å²) in [5.74, 6) is 0.0286. The molecule has 1 aromatic heterocycles. The van der Waals surface area contributed by atoms with Crippen molar-refractivity contribution < 1.29 is 19.2 Å². The van der Waals surface area contributed by atoms with Gasteiger partial charge in [0.05, 0.1) is 28.1 Å². The quantitative estimate of drug-likeness (QED) is 0.137. The molecule has 8 nitrogen and oxygen atoms in total. The largest absolute Gasteiger partial charge is 0.462 e. The molecule has 1 heterocycles. The molecule has 0 aliphatic rings. The van der Waals surface area contributed by atoms with Crippen molar-refractivity contribution in [1.82, 2.24) is 9.55 Å². The maximum atomic E-state index is 12.1. The molecule has 0 atom stereocenters. The number of rotatable bonds is 11. The van der Waals surface area contributed by atoms with E-state index in [0.717, 1.165) is 17.1 Å². The number of fused-ring (bicyclic) bond motifs is 1. The van der Waals surface area contributed by atoms with E-state index in [2.05, 4.69) is 4.57 Å². The van der Waals surface area contributed by atoms with Crippen LogP contribution in [0.4, 0.5) is 5.69 Å². The van der Waals surface area contributed by atoms with E-state index in [0.29, 0.717) is 48.8 Å². The van der Waals surface area contributed by atoms with Gasteiger partial charge in [-0.2, -0.15) is 0 Å². The molecule has 9 heteroatoms. The summed E-state index contributed by atoms with van der Waals surface area (Å²) in [6, 6.07) is 12.0. The van der Waals surface area contributed by atoms with Crippen LogP contribution in [0.5, 0.6) is 0 Å². The number of thioether (sulfide) groups is 1. The number of hydrogen-bond donors (Lipinski definition) is 0. The molecule has 0 spiro atoms. The van der Waals surface area contributed by atoms with Gasteiger partial charge in [0.25, 0.3) is 5.69 Å². The Bertz CT molecular complexity index is 1070. The van der Waals surface area contributed by atoms with Gasteiger partial charge in [-0.25, -0.2) is 9.78 Å². The van der Waals surface area contributed by atoms with E-state index in [1.165, 1.54) is 17.8 Å². The van der Waals surface area contributed by atoms with E-state index in [4.69, 9.17) is 14.5 Å². The summed E-state index contributed by atoms with van der Waals surface area (Å²) in [5, 5.41) is 12.1. The average Bonchev–Trinajstić information content (AvgIpc) is 3.12. The van der Waals surface area contributed by atoms with E-state index in [1.54, 1.807) is 37.3 Å². The summed E-state index contributed by atoms with van der Waals surface area (Å²) >= 11 is 1.44. The number of nitro groups is 1. The fraction of sp³-hybridized carbons (Fsp3) is 0.364. The second-order valence-corrected chi connectivity index (χ2v) is 7.64. The maximum absolute atomic E-state index is 12.1. The minimum Gasteiger partial charge on any atom is -0.462 e. The first kappa shape index (κ1) is 22.8. The minimum absolute atomic E-state index is 0.0959. The predicted octanol–water partition coefficient (Wildman–Crippen LogP) is 4.84. The summed E-state index contributed by atoms with van der Waals surface area (Å²) in [7, 11) is 0. The van der Waals surface area contributed by atoms with Gasteiger partial charge in [-0.05, 0) is 38.5 Å². The fourth-order valence-electron chi connectivity index (χ4n) is 3.20. The topological polar surface area (TPSA) is 96.5 Å². The normalized spacial score (nSPS) is 11.0. The summed E-state index contributed by atoms with van der Waals surface area (Å²) in [6.07, 6.45) is 0.804. The van der Waals surface area contributed by atoms with E-state index in [-0.39, 0.29) is 16.6 Å². The van der Waals surface area contributed by atoms with Crippen LogP contribution in [0.2, 0.25) is 0 Å². The van der Waals surface area contributed by atoms with Gasteiger partial charge in [0.15, 0.2) is 5.16 Å². The standard InChI is InChI=1S/C22H25N3O5S/c1-3-29-13-7-12-24-20-11-10-16(21(26)30-4-2)14-18(20)23-22(24)31-15-17-8-5-6-9-19(17)25(27)28/h5-6,8-11,14H,3-4,7,12-13,15H2,1-2H3. The number of esters is 1. The molecule has 0 fully saturated rings. The third-order valence-corrected chi connectivity index (χ3v) is 5.67. The Balaban J connectivity index is 1.90. The molecule has 0 saturated carbocycles. The van der Waals surface area contributed by atoms with Crippen molar-refractivity contribution in [3.05, 3.63) is 63.7 Å². The maximum Gasteiger partial charge on any atom is 0.338 e. The third-order valence-electron chi connectivity index (χ3n) is 4.64. The van der Waals surface area contributed by atoms with Crippen molar-refractivity contribution in [2.45, 2.75) is 37.7 Å². The Morgan fingerprint density at radius 2 is 2.00 bits per heavy atom. The number of benzene rings is 2. The number of aromatic nitrogens is 2. The lowest BCUT2D eigenvalue weighted by molar-refractivity contribution is -0.385. The molecular formula is C22H25N3O5S. The third kappa shape index (κ3) is 5.62. The number of nitro benzene ring substituents is 1. The van der Waals surface area contributed by atoms with Crippen LogP contribution in [0.3, 0.4) is 0 Å². The van der Waals surface area contributed by atoms with Crippen molar-refractivity contribution in [3.8, 4) is 0 Å². The Hall–Kier alpha value is -2.91. The highest BCUT2D eigenvalue weighted by molar-refractivity contribution is 7.98. The van der Waals surface area contributed by atoms with Gasteiger partial charge < -0.3 is 14.0 Å². The molecule has 31 heavy (non-hydrogen) atoms. The first-order valence-corrected chi connectivity index (χ1v) is 11.1. The second-order valence-electron chi connectivity index (χ2n) is 6.69. The van der Waals surface area contributed by atoms with Gasteiger partial charge in [-0.3, -0.25) is 10.1 Å². The van der Waals surface area contributed by atoms with E-state index < -0.39 is 0 Å². The Morgan fingerprint density at radius 3 is 2.74 bits per heavy atom. The summed E-state index contributed by atoms with van der Waals surface area (Å²) in [6.45, 7) is 6.00. The van der Waals surface area contributed by atoms with Crippen LogP contribution in [0, 0.1) is 10.1 Å². The number of imidazole rings is 1. The summed E-state index contributed by atoms with van der Waals surface area (Å²) in [5.41, 5.74) is 2.77. The van der Waals surface area contributed by atoms with E-state index in [1.807, 2.05) is 13.0 Å². The van der Waals surface area contributed by atoms with Gasteiger partial charge in [0.2, 0.25) is 0 Å². The molecular weight excluding hydrogens is 418 g/mol. The molecule has 164 valence electrons. The highest BCUT2D eigenvalue weighted by Crippen LogP contribution is 2.30. The Kier molecular flexibility index (Phi) is 8.02. The molecule has 0 aliphatic carbocycles. The molecule has 0 amide bonds. The number of ether oxygens (including phenoxy) is 2. The SMILES string of the molecule is CCOCCCn1c(SCc2ccccc2[N+](=O)[O-])nc2cc(C(=O)OCC)ccc21. The first-order chi connectivity index (χ1) is 15.0. The number of aryl methyl sites for hydroxylation is 1. The van der Waals surface area contributed by atoms with Crippen LogP contribution in [0.1, 0.15) is 36.2 Å². The predicted molar refractivity (Wildman–Crippen MR) is 119 cm³/mol. The fourth-order valence-corrected chi connectivity index (χ4v) is 4.23. The molecule has 3 rings (SSSR count). The number of carbonyl (C=O) groups is 1. The molecule has 0 bridgehead atoms. The molecule has 2 aromatic carbocycles. The monoisotopic (exact) mass is 443 g/mol. The molecule has 0 aliphatic heterocycles. The smallest absolute Gasteiger partial charge is 0.338 e. The number of nitrogens with zero attached hydrogens (tertiary/aromatic N) is 3. The van der Waals surface area contributed by atoms with Crippen LogP contribution >= 0.6 is 11.8 Å². The van der Waals surface area contributed by atoms with Crippen LogP contribution in [-0.4, -0.2) is 40.3 Å². The lowest BCUT2D eigenvalue weighted by Crippen LogP contribution is -2.05. The van der Waals surface area contributed by atoms with Crippen molar-refractivity contribution in [2.24, 2.45) is 0 Å². The van der Waals surface area contributed by atoms with E-state index in [9.17, 15) is 14.9 Å². The Morgan fingerprint density at radius 1 is 1.19 bits per heavy atom. The zero-order valence-electron chi connectivity index (χ0n) is 17.6. The van der Waals surface area contributed by atoms with Crippen molar-refractivity contribution >= 4 is 34.5 Å². The van der Waals surface area contributed by atoms with Crippen molar-refractivity contribution in [1.29, 1.82) is 0 Å². The highest BCUT2D eigenvalue weighted by Gasteiger charge is 2.17. The number of hydrogen-bond acceptors (Lipinski definition) is 7. The summed E-state index contributed by atoms with van der Waals surface area (Å²) in [4.78, 5) is 27.8. The zero-order valence-corrected chi connectivity index (χ0v) is 18.4. The van der Waals surface area contributed by atoms with Gasteiger partial charge in [0, 0.05) is 37.1 Å². The van der Waals surface area contributed by atoms with Crippen molar-refractivity contribution in [3.63, 3.8) is 0 Å². The Labute approximate surface area is 184 Å². The van der Waals surface area contributed by atoms with Gasteiger partial charge >= 0.3 is 5.97 Å². The number of para-hydroxylation sites is 1. The summed E-state index contributed by atoms with van der Waals surface area (Å²) < 4.78 is 12.6. The van der Waals surface area contributed by atoms with Crippen LogP contribution in [0.15, 0.2) is 47.6 Å². The average molecular weight is 444 g/mol. The molecule has 0 radical (unpaired) electrons.